The second-order valence-corrected chi connectivity index (χ2v) is 9.35. The van der Waals surface area contributed by atoms with Gasteiger partial charge in [-0.1, -0.05) is 64.0 Å². The second kappa shape index (κ2) is 14.3. The van der Waals surface area contributed by atoms with Crippen molar-refractivity contribution in [1.29, 1.82) is 0 Å². The third-order valence-electron chi connectivity index (χ3n) is 6.37. The Bertz CT molecular complexity index is 1160. The molecule has 0 spiro atoms. The molecule has 37 heavy (non-hydrogen) atoms. The van der Waals surface area contributed by atoms with Crippen molar-refractivity contribution in [1.82, 2.24) is 0 Å². The van der Waals surface area contributed by atoms with E-state index in [9.17, 15) is 9.50 Å². The van der Waals surface area contributed by atoms with Gasteiger partial charge in [-0.2, -0.15) is 0 Å². The molecule has 4 nitrogen and oxygen atoms in total. The zero-order valence-corrected chi connectivity index (χ0v) is 22.3. The van der Waals surface area contributed by atoms with Crippen LogP contribution in [0.3, 0.4) is 0 Å². The summed E-state index contributed by atoms with van der Waals surface area (Å²) in [7, 11) is 1.57. The van der Waals surface area contributed by atoms with Crippen LogP contribution < -0.4 is 14.2 Å². The van der Waals surface area contributed by atoms with E-state index in [1.54, 1.807) is 19.2 Å². The summed E-state index contributed by atoms with van der Waals surface area (Å²) in [4.78, 5) is 0. The molecule has 0 amide bonds. The summed E-state index contributed by atoms with van der Waals surface area (Å²) in [5.74, 6) is 2.05. The lowest BCUT2D eigenvalue weighted by Gasteiger charge is -2.18. The van der Waals surface area contributed by atoms with Crippen molar-refractivity contribution < 1.29 is 23.7 Å². The smallest absolute Gasteiger partial charge is 0.131 e. The molecule has 0 heterocycles. The number of methoxy groups -OCH3 is 1. The van der Waals surface area contributed by atoms with E-state index < -0.39 is 0 Å². The Kier molecular flexibility index (Phi) is 10.9. The number of unbranched alkanes of at least 4 members (excludes halogenated alkanes) is 2. The summed E-state index contributed by atoms with van der Waals surface area (Å²) in [6, 6.07) is 18.5. The van der Waals surface area contributed by atoms with Crippen molar-refractivity contribution in [3.63, 3.8) is 0 Å². The quantitative estimate of drug-likeness (QED) is 0.165. The average molecular weight is 507 g/mol. The lowest BCUT2D eigenvalue weighted by molar-refractivity contribution is 0.296. The van der Waals surface area contributed by atoms with Gasteiger partial charge in [0, 0.05) is 17.5 Å². The minimum atomic E-state index is -0.327. The second-order valence-electron chi connectivity index (χ2n) is 9.35. The molecule has 0 aromatic heterocycles. The number of benzene rings is 3. The van der Waals surface area contributed by atoms with Crippen molar-refractivity contribution in [2.24, 2.45) is 0 Å². The van der Waals surface area contributed by atoms with Crippen LogP contribution in [-0.2, 0) is 6.61 Å². The number of rotatable bonds is 15. The predicted molar refractivity (Wildman–Crippen MR) is 148 cm³/mol. The van der Waals surface area contributed by atoms with Crippen LogP contribution in [0.4, 0.5) is 4.39 Å². The Morgan fingerprint density at radius 1 is 0.919 bits per heavy atom. The zero-order chi connectivity index (χ0) is 26.6. The third kappa shape index (κ3) is 8.28. The van der Waals surface area contributed by atoms with Crippen molar-refractivity contribution in [3.8, 4) is 28.4 Å². The number of ether oxygens (including phenoxy) is 3. The van der Waals surface area contributed by atoms with Crippen LogP contribution in [0.2, 0.25) is 0 Å². The molecule has 198 valence electrons. The summed E-state index contributed by atoms with van der Waals surface area (Å²) in [5, 5.41) is 9.73. The standard InChI is InChI=1S/C32H39FO4/c1-5-7-8-17-36-32-19-24(13-15-29(32)30-21-27(35-4)14-16-31(30)33)22-37-28-12-9-11-26(20-28)25(10-6-2)18-23(3)34/h9,11-16,19-21,25,34H,3,5-8,10,17-18,22H2,1-2,4H3/t25-/m1/s1. The van der Waals surface area contributed by atoms with Crippen LogP contribution in [0, 0.1) is 5.82 Å². The molecule has 0 fully saturated rings. The van der Waals surface area contributed by atoms with E-state index in [4.69, 9.17) is 14.2 Å². The van der Waals surface area contributed by atoms with Crippen molar-refractivity contribution in [2.75, 3.05) is 13.7 Å². The lowest BCUT2D eigenvalue weighted by Crippen LogP contribution is -2.03. The van der Waals surface area contributed by atoms with Gasteiger partial charge in [-0.25, -0.2) is 4.39 Å². The highest BCUT2D eigenvalue weighted by molar-refractivity contribution is 5.72. The molecule has 0 aliphatic heterocycles. The molecule has 0 aliphatic rings. The number of aliphatic hydroxyl groups excluding tert-OH is 1. The molecule has 1 atom stereocenters. The molecule has 0 saturated heterocycles. The van der Waals surface area contributed by atoms with E-state index >= 15 is 0 Å². The highest BCUT2D eigenvalue weighted by atomic mass is 19.1. The van der Waals surface area contributed by atoms with Gasteiger partial charge in [0.1, 0.15) is 29.7 Å². The summed E-state index contributed by atoms with van der Waals surface area (Å²) >= 11 is 0. The number of aliphatic hydroxyl groups is 1. The van der Waals surface area contributed by atoms with Gasteiger partial charge in [0.05, 0.1) is 19.5 Å². The molecule has 3 aromatic carbocycles. The number of allylic oxidation sites excluding steroid dienone is 1. The summed E-state index contributed by atoms with van der Waals surface area (Å²) in [6.07, 6.45) is 5.62. The van der Waals surface area contributed by atoms with Gasteiger partial charge < -0.3 is 19.3 Å². The van der Waals surface area contributed by atoms with E-state index in [0.29, 0.717) is 42.3 Å². The van der Waals surface area contributed by atoms with Gasteiger partial charge >= 0.3 is 0 Å². The molecule has 0 aliphatic carbocycles. The molecule has 5 heteroatoms. The zero-order valence-electron chi connectivity index (χ0n) is 22.3. The first-order chi connectivity index (χ1) is 17.9. The highest BCUT2D eigenvalue weighted by Gasteiger charge is 2.15. The first-order valence-corrected chi connectivity index (χ1v) is 13.1. The number of hydrogen-bond donors (Lipinski definition) is 1. The minimum Gasteiger partial charge on any atom is -0.513 e. The van der Waals surface area contributed by atoms with E-state index in [2.05, 4.69) is 26.5 Å². The third-order valence-corrected chi connectivity index (χ3v) is 6.37. The van der Waals surface area contributed by atoms with Crippen molar-refractivity contribution >= 4 is 0 Å². The Balaban J connectivity index is 1.82. The fourth-order valence-electron chi connectivity index (χ4n) is 4.41. The molecular weight excluding hydrogens is 467 g/mol. The molecule has 3 aromatic rings. The van der Waals surface area contributed by atoms with Gasteiger partial charge in [0.15, 0.2) is 0 Å². The topological polar surface area (TPSA) is 47.9 Å². The summed E-state index contributed by atoms with van der Waals surface area (Å²) < 4.78 is 32.3. The van der Waals surface area contributed by atoms with Gasteiger partial charge in [0.25, 0.3) is 0 Å². The van der Waals surface area contributed by atoms with Crippen LogP contribution in [0.5, 0.6) is 17.2 Å². The maximum Gasteiger partial charge on any atom is 0.131 e. The molecule has 0 unspecified atom stereocenters. The van der Waals surface area contributed by atoms with E-state index in [0.717, 1.165) is 49.0 Å². The molecule has 0 radical (unpaired) electrons. The Morgan fingerprint density at radius 3 is 2.49 bits per heavy atom. The average Bonchev–Trinajstić information content (AvgIpc) is 2.90. The maximum absolute atomic E-state index is 14.8. The molecule has 0 saturated carbocycles. The van der Waals surface area contributed by atoms with Crippen LogP contribution in [0.15, 0.2) is 73.0 Å². The van der Waals surface area contributed by atoms with Crippen molar-refractivity contribution in [2.45, 2.75) is 64.9 Å². The predicted octanol–water partition coefficient (Wildman–Crippen LogP) is 8.99. The Labute approximate surface area is 220 Å². The lowest BCUT2D eigenvalue weighted by atomic mass is 9.91. The normalized spacial score (nSPS) is 11.7. The summed E-state index contributed by atoms with van der Waals surface area (Å²) in [5.41, 5.74) is 3.18. The largest absolute Gasteiger partial charge is 0.513 e. The first-order valence-electron chi connectivity index (χ1n) is 13.1. The van der Waals surface area contributed by atoms with Gasteiger partial charge in [-0.05, 0) is 66.3 Å². The maximum atomic E-state index is 14.8. The van der Waals surface area contributed by atoms with Gasteiger partial charge in [-0.3, -0.25) is 0 Å². The minimum absolute atomic E-state index is 0.198. The Hall–Kier alpha value is -3.47. The first kappa shape index (κ1) is 28.1. The van der Waals surface area contributed by atoms with Crippen LogP contribution in [0.25, 0.3) is 11.1 Å². The van der Waals surface area contributed by atoms with E-state index in [1.165, 1.54) is 6.07 Å². The molecule has 0 bridgehead atoms. The van der Waals surface area contributed by atoms with Crippen LogP contribution in [-0.4, -0.2) is 18.8 Å². The summed E-state index contributed by atoms with van der Waals surface area (Å²) in [6.45, 7) is 8.86. The molecule has 1 N–H and O–H groups in total. The SMILES string of the molecule is C=C(O)C[C@@H](CCC)c1cccc(OCc2ccc(-c3cc(OC)ccc3F)c(OCCCCC)c2)c1. The van der Waals surface area contributed by atoms with E-state index in [-0.39, 0.29) is 17.5 Å². The number of hydrogen-bond acceptors (Lipinski definition) is 4. The van der Waals surface area contributed by atoms with Gasteiger partial charge in [-0.15, -0.1) is 0 Å². The fraction of sp³-hybridized carbons (Fsp3) is 0.375. The fourth-order valence-corrected chi connectivity index (χ4v) is 4.41. The van der Waals surface area contributed by atoms with E-state index in [1.807, 2.05) is 36.4 Å². The molecule has 3 rings (SSSR count). The van der Waals surface area contributed by atoms with Gasteiger partial charge in [0.2, 0.25) is 0 Å². The van der Waals surface area contributed by atoms with Crippen LogP contribution >= 0.6 is 0 Å². The van der Waals surface area contributed by atoms with Crippen LogP contribution in [0.1, 0.15) is 69.4 Å². The monoisotopic (exact) mass is 506 g/mol. The Morgan fingerprint density at radius 2 is 1.76 bits per heavy atom. The highest BCUT2D eigenvalue weighted by Crippen LogP contribution is 2.36. The molecular formula is C32H39FO4. The van der Waals surface area contributed by atoms with Crippen molar-refractivity contribution in [3.05, 3.63) is 89.9 Å². The number of halogens is 1.